The van der Waals surface area contributed by atoms with Gasteiger partial charge in [0.05, 0.1) is 0 Å². The minimum atomic E-state index is -0.383. The summed E-state index contributed by atoms with van der Waals surface area (Å²) >= 11 is 0. The number of carbonyl (C=O) groups is 2. The summed E-state index contributed by atoms with van der Waals surface area (Å²) in [5, 5.41) is 2.65. The fourth-order valence-corrected chi connectivity index (χ4v) is 2.79. The Hall–Kier alpha value is -1.89. The monoisotopic (exact) mass is 307 g/mol. The van der Waals surface area contributed by atoms with Crippen molar-refractivity contribution in [2.75, 3.05) is 33.7 Å². The maximum Gasteiger partial charge on any atom is 0.243 e. The summed E-state index contributed by atoms with van der Waals surface area (Å²) in [6.07, 6.45) is 4.89. The number of rotatable bonds is 5. The van der Waals surface area contributed by atoms with E-state index in [1.165, 1.54) is 0 Å². The van der Waals surface area contributed by atoms with Crippen LogP contribution in [0, 0.1) is 6.92 Å². The fraction of sp³-hybridized carbons (Fsp3) is 0.667. The first kappa shape index (κ1) is 16.5. The van der Waals surface area contributed by atoms with Crippen molar-refractivity contribution in [3.8, 4) is 0 Å². The van der Waals surface area contributed by atoms with Crippen LogP contribution in [-0.4, -0.2) is 70.9 Å². The summed E-state index contributed by atoms with van der Waals surface area (Å²) in [5.74, 6) is 0.917. The molecule has 7 nitrogen and oxygen atoms in total. The van der Waals surface area contributed by atoms with Gasteiger partial charge < -0.3 is 19.7 Å². The van der Waals surface area contributed by atoms with Crippen LogP contribution in [0.5, 0.6) is 0 Å². The van der Waals surface area contributed by atoms with Gasteiger partial charge in [0.2, 0.25) is 11.8 Å². The lowest BCUT2D eigenvalue weighted by Gasteiger charge is -2.39. The number of amides is 2. The van der Waals surface area contributed by atoms with Crippen molar-refractivity contribution in [3.05, 3.63) is 18.2 Å². The van der Waals surface area contributed by atoms with Gasteiger partial charge in [0.15, 0.2) is 0 Å². The first-order valence-corrected chi connectivity index (χ1v) is 7.70. The summed E-state index contributed by atoms with van der Waals surface area (Å²) in [7, 11) is 3.58. The van der Waals surface area contributed by atoms with Crippen molar-refractivity contribution in [1.29, 1.82) is 0 Å². The highest BCUT2D eigenvalue weighted by Gasteiger charge is 2.33. The van der Waals surface area contributed by atoms with Crippen molar-refractivity contribution >= 4 is 11.8 Å². The molecular formula is C15H25N5O2. The molecule has 122 valence electrons. The highest BCUT2D eigenvalue weighted by molar-refractivity contribution is 5.88. The van der Waals surface area contributed by atoms with Crippen molar-refractivity contribution < 1.29 is 9.59 Å². The standard InChI is InChI=1S/C15H25N5O2/c1-12-17-6-8-19(12)7-4-5-14(21)20-10-9-18(3)11-13(20)15(22)16-2/h6,8,13H,4-5,7,9-11H2,1-3H3,(H,16,22). The molecule has 0 spiro atoms. The van der Waals surface area contributed by atoms with Crippen LogP contribution in [0.1, 0.15) is 18.7 Å². The van der Waals surface area contributed by atoms with E-state index in [1.54, 1.807) is 18.1 Å². The van der Waals surface area contributed by atoms with Gasteiger partial charge in [-0.15, -0.1) is 0 Å². The maximum atomic E-state index is 12.5. The van der Waals surface area contributed by atoms with Gasteiger partial charge in [-0.25, -0.2) is 4.98 Å². The van der Waals surface area contributed by atoms with E-state index in [-0.39, 0.29) is 17.9 Å². The minimum absolute atomic E-state index is 0.0551. The summed E-state index contributed by atoms with van der Waals surface area (Å²) < 4.78 is 2.04. The second-order valence-electron chi connectivity index (χ2n) is 5.75. The number of nitrogens with zero attached hydrogens (tertiary/aromatic N) is 4. The van der Waals surface area contributed by atoms with E-state index in [9.17, 15) is 9.59 Å². The van der Waals surface area contributed by atoms with Crippen LogP contribution >= 0.6 is 0 Å². The molecular weight excluding hydrogens is 282 g/mol. The molecule has 1 aromatic rings. The molecule has 7 heteroatoms. The Labute approximate surface area is 131 Å². The van der Waals surface area contributed by atoms with E-state index in [0.717, 1.165) is 25.3 Å². The molecule has 22 heavy (non-hydrogen) atoms. The number of nitrogens with one attached hydrogen (secondary N) is 1. The van der Waals surface area contributed by atoms with Crippen LogP contribution in [-0.2, 0) is 16.1 Å². The predicted molar refractivity (Wildman–Crippen MR) is 83.3 cm³/mol. The number of carbonyl (C=O) groups excluding carboxylic acids is 2. The van der Waals surface area contributed by atoms with E-state index in [2.05, 4.69) is 15.2 Å². The Morgan fingerprint density at radius 2 is 2.18 bits per heavy atom. The Kier molecular flexibility index (Phi) is 5.54. The number of aryl methyl sites for hydroxylation is 2. The van der Waals surface area contributed by atoms with Crippen LogP contribution < -0.4 is 5.32 Å². The number of imidazole rings is 1. The van der Waals surface area contributed by atoms with E-state index < -0.39 is 0 Å². The number of likely N-dealkylation sites (N-methyl/N-ethyl adjacent to an activating group) is 2. The van der Waals surface area contributed by atoms with E-state index in [0.29, 0.717) is 19.5 Å². The van der Waals surface area contributed by atoms with Gasteiger partial charge in [0.25, 0.3) is 0 Å². The summed E-state index contributed by atoms with van der Waals surface area (Å²) in [6.45, 7) is 4.73. The highest BCUT2D eigenvalue weighted by Crippen LogP contribution is 2.12. The van der Waals surface area contributed by atoms with E-state index in [4.69, 9.17) is 0 Å². The molecule has 1 N–H and O–H groups in total. The Morgan fingerprint density at radius 1 is 1.41 bits per heavy atom. The average molecular weight is 307 g/mol. The zero-order valence-electron chi connectivity index (χ0n) is 13.6. The number of aromatic nitrogens is 2. The normalized spacial score (nSPS) is 19.2. The van der Waals surface area contributed by atoms with Crippen molar-refractivity contribution in [1.82, 2.24) is 24.7 Å². The van der Waals surface area contributed by atoms with Crippen LogP contribution in [0.15, 0.2) is 12.4 Å². The second-order valence-corrected chi connectivity index (χ2v) is 5.75. The lowest BCUT2D eigenvalue weighted by molar-refractivity contribution is -0.143. The zero-order valence-corrected chi connectivity index (χ0v) is 13.6. The van der Waals surface area contributed by atoms with Crippen LogP contribution in [0.3, 0.4) is 0 Å². The van der Waals surface area contributed by atoms with E-state index in [1.807, 2.05) is 24.7 Å². The van der Waals surface area contributed by atoms with Crippen molar-refractivity contribution in [3.63, 3.8) is 0 Å². The van der Waals surface area contributed by atoms with Crippen LogP contribution in [0.2, 0.25) is 0 Å². The molecule has 2 rings (SSSR count). The molecule has 0 saturated carbocycles. The third kappa shape index (κ3) is 3.85. The molecule has 0 radical (unpaired) electrons. The minimum Gasteiger partial charge on any atom is -0.357 e. The molecule has 1 aromatic heterocycles. The molecule has 0 bridgehead atoms. The molecule has 1 atom stereocenters. The first-order chi connectivity index (χ1) is 10.5. The van der Waals surface area contributed by atoms with Gasteiger partial charge in [-0.1, -0.05) is 0 Å². The lowest BCUT2D eigenvalue weighted by atomic mass is 10.1. The molecule has 1 fully saturated rings. The summed E-state index contributed by atoms with van der Waals surface area (Å²) in [6, 6.07) is -0.383. The molecule has 2 heterocycles. The van der Waals surface area contributed by atoms with Gasteiger partial charge in [0, 0.05) is 52.0 Å². The van der Waals surface area contributed by atoms with Crippen molar-refractivity contribution in [2.24, 2.45) is 0 Å². The third-order valence-electron chi connectivity index (χ3n) is 4.17. The van der Waals surface area contributed by atoms with Crippen LogP contribution in [0.25, 0.3) is 0 Å². The second kappa shape index (κ2) is 7.40. The summed E-state index contributed by atoms with van der Waals surface area (Å²) in [4.78, 5) is 32.4. The molecule has 0 aliphatic carbocycles. The van der Waals surface area contributed by atoms with Gasteiger partial charge in [-0.2, -0.15) is 0 Å². The van der Waals surface area contributed by atoms with Gasteiger partial charge >= 0.3 is 0 Å². The third-order valence-corrected chi connectivity index (χ3v) is 4.17. The maximum absolute atomic E-state index is 12.5. The number of hydrogen-bond acceptors (Lipinski definition) is 4. The fourth-order valence-electron chi connectivity index (χ4n) is 2.79. The predicted octanol–water partition coefficient (Wildman–Crippen LogP) is -0.140. The number of piperazine rings is 1. The molecule has 1 saturated heterocycles. The quantitative estimate of drug-likeness (QED) is 0.822. The first-order valence-electron chi connectivity index (χ1n) is 7.70. The lowest BCUT2D eigenvalue weighted by Crippen LogP contribution is -2.59. The topological polar surface area (TPSA) is 70.5 Å². The largest absolute Gasteiger partial charge is 0.357 e. The van der Waals surface area contributed by atoms with Gasteiger partial charge in [-0.3, -0.25) is 9.59 Å². The zero-order chi connectivity index (χ0) is 16.1. The van der Waals surface area contributed by atoms with Gasteiger partial charge in [-0.05, 0) is 20.4 Å². The average Bonchev–Trinajstić information content (AvgIpc) is 2.91. The molecule has 1 aliphatic rings. The molecule has 1 aliphatic heterocycles. The SMILES string of the molecule is CNC(=O)C1CN(C)CCN1C(=O)CCCn1ccnc1C. The highest BCUT2D eigenvalue weighted by atomic mass is 16.2. The smallest absolute Gasteiger partial charge is 0.243 e. The Balaban J connectivity index is 1.89. The Bertz CT molecular complexity index is 528. The summed E-state index contributed by atoms with van der Waals surface area (Å²) in [5.41, 5.74) is 0. The van der Waals surface area contributed by atoms with Gasteiger partial charge in [0.1, 0.15) is 11.9 Å². The number of hydrogen-bond donors (Lipinski definition) is 1. The molecule has 1 unspecified atom stereocenters. The molecule has 2 amide bonds. The van der Waals surface area contributed by atoms with Crippen molar-refractivity contribution in [2.45, 2.75) is 32.4 Å². The molecule has 0 aromatic carbocycles. The van der Waals surface area contributed by atoms with E-state index >= 15 is 0 Å². The van der Waals surface area contributed by atoms with Crippen LogP contribution in [0.4, 0.5) is 0 Å². The Morgan fingerprint density at radius 3 is 2.82 bits per heavy atom.